The molecule has 3 heteroatoms. The SMILES string of the molecule is CC1(c2opc(C3(C)CCCC3)p2)CCCC1. The average molecular weight is 268 g/mol. The maximum Gasteiger partial charge on any atom is 0.141 e. The van der Waals surface area contributed by atoms with Crippen LogP contribution in [0.3, 0.4) is 0 Å². The molecule has 2 fully saturated rings. The number of hydrogen-bond acceptors (Lipinski definition) is 1. The van der Waals surface area contributed by atoms with Gasteiger partial charge in [-0.1, -0.05) is 39.5 Å². The molecule has 0 spiro atoms. The lowest BCUT2D eigenvalue weighted by Crippen LogP contribution is -2.15. The minimum atomic E-state index is 0.394. The second-order valence-corrected chi connectivity index (χ2v) is 8.70. The molecule has 0 atom stereocenters. The molecule has 1 aromatic heterocycles. The van der Waals surface area contributed by atoms with Crippen LogP contribution >= 0.6 is 16.6 Å². The summed E-state index contributed by atoms with van der Waals surface area (Å²) in [5, 5.41) is 1.65. The van der Waals surface area contributed by atoms with E-state index in [2.05, 4.69) is 13.8 Å². The van der Waals surface area contributed by atoms with Crippen molar-refractivity contribution in [2.75, 3.05) is 0 Å². The summed E-state index contributed by atoms with van der Waals surface area (Å²) in [6, 6.07) is 0. The van der Waals surface area contributed by atoms with Crippen molar-refractivity contribution in [3.8, 4) is 0 Å². The molecule has 2 saturated carbocycles. The molecule has 1 nitrogen and oxygen atoms in total. The van der Waals surface area contributed by atoms with Gasteiger partial charge in [0.1, 0.15) is 13.9 Å². The van der Waals surface area contributed by atoms with E-state index >= 15 is 0 Å². The molecule has 2 aliphatic carbocycles. The Hall–Kier alpha value is 0.140. The van der Waals surface area contributed by atoms with E-state index in [9.17, 15) is 0 Å². The van der Waals surface area contributed by atoms with Crippen molar-refractivity contribution in [2.45, 2.75) is 76.0 Å². The third-order valence-corrected chi connectivity index (χ3v) is 8.16. The van der Waals surface area contributed by atoms with E-state index in [1.54, 1.807) is 5.03 Å². The number of rotatable bonds is 2. The van der Waals surface area contributed by atoms with Crippen molar-refractivity contribution in [1.29, 1.82) is 0 Å². The van der Waals surface area contributed by atoms with Gasteiger partial charge in [-0.25, -0.2) is 0 Å². The molecule has 0 aliphatic heterocycles. The quantitative estimate of drug-likeness (QED) is 0.631. The molecule has 1 aromatic rings. The Morgan fingerprint density at radius 2 is 1.41 bits per heavy atom. The predicted molar refractivity (Wildman–Crippen MR) is 75.4 cm³/mol. The highest BCUT2D eigenvalue weighted by atomic mass is 31.1. The predicted octanol–water partition coefficient (Wildman–Crippen LogP) is 6.10. The molecule has 3 rings (SSSR count). The highest BCUT2D eigenvalue weighted by molar-refractivity contribution is 7.46. The molecule has 0 saturated heterocycles. The van der Waals surface area contributed by atoms with Gasteiger partial charge in [0.2, 0.25) is 0 Å². The first-order valence-corrected chi connectivity index (χ1v) is 8.68. The molecular weight excluding hydrogens is 246 g/mol. The Labute approximate surface area is 108 Å². The van der Waals surface area contributed by atoms with Crippen molar-refractivity contribution in [3.05, 3.63) is 10.5 Å². The molecule has 0 amide bonds. The molecule has 17 heavy (non-hydrogen) atoms. The van der Waals surface area contributed by atoms with E-state index in [-0.39, 0.29) is 0 Å². The minimum Gasteiger partial charge on any atom is -0.438 e. The first-order chi connectivity index (χ1) is 8.12. The van der Waals surface area contributed by atoms with E-state index in [1.165, 1.54) is 73.5 Å². The fraction of sp³-hybridized carbons (Fsp3) is 0.857. The van der Waals surface area contributed by atoms with E-state index in [0.29, 0.717) is 10.8 Å². The highest BCUT2D eigenvalue weighted by Crippen LogP contribution is 2.54. The smallest absolute Gasteiger partial charge is 0.141 e. The second-order valence-electron chi connectivity index (χ2n) is 6.46. The van der Waals surface area contributed by atoms with Crippen LogP contribution in [0.25, 0.3) is 0 Å². The Balaban J connectivity index is 1.87. The summed E-state index contributed by atoms with van der Waals surface area (Å²) in [7, 11) is 2.63. The molecule has 0 unspecified atom stereocenters. The Kier molecular flexibility index (Phi) is 3.12. The summed E-state index contributed by atoms with van der Waals surface area (Å²) in [5.74, 6) is 0. The van der Waals surface area contributed by atoms with Crippen molar-refractivity contribution in [2.24, 2.45) is 0 Å². The zero-order valence-corrected chi connectivity index (χ0v) is 12.7. The summed E-state index contributed by atoms with van der Waals surface area (Å²) < 4.78 is 6.07. The van der Waals surface area contributed by atoms with Gasteiger partial charge in [0.25, 0.3) is 0 Å². The molecular formula is C14H22OP2. The topological polar surface area (TPSA) is 13.1 Å². The van der Waals surface area contributed by atoms with Gasteiger partial charge in [-0.2, -0.15) is 0 Å². The molecule has 0 N–H and O–H groups in total. The summed E-state index contributed by atoms with van der Waals surface area (Å²) in [5.41, 5.74) is 2.27. The zero-order valence-electron chi connectivity index (χ0n) is 11.0. The molecule has 2 aliphatic rings. The van der Waals surface area contributed by atoms with Crippen molar-refractivity contribution < 1.29 is 4.20 Å². The van der Waals surface area contributed by atoms with Crippen LogP contribution in [0.1, 0.15) is 75.7 Å². The van der Waals surface area contributed by atoms with Gasteiger partial charge in [-0.05, 0) is 33.9 Å². The van der Waals surface area contributed by atoms with Crippen LogP contribution < -0.4 is 0 Å². The summed E-state index contributed by atoms with van der Waals surface area (Å²) in [4.78, 5) is 0. The Morgan fingerprint density at radius 1 is 0.882 bits per heavy atom. The van der Waals surface area contributed by atoms with E-state index in [0.717, 1.165) is 0 Å². The Morgan fingerprint density at radius 3 is 2.00 bits per heavy atom. The summed E-state index contributed by atoms with van der Waals surface area (Å²) >= 11 is 0. The van der Waals surface area contributed by atoms with Crippen molar-refractivity contribution in [3.63, 3.8) is 0 Å². The van der Waals surface area contributed by atoms with Crippen LogP contribution in [0.5, 0.6) is 0 Å². The van der Waals surface area contributed by atoms with E-state index in [4.69, 9.17) is 4.20 Å². The lowest BCUT2D eigenvalue weighted by molar-refractivity contribution is 0.414. The van der Waals surface area contributed by atoms with Crippen LogP contribution in [0.4, 0.5) is 0 Å². The fourth-order valence-corrected chi connectivity index (χ4v) is 6.32. The molecule has 94 valence electrons. The summed E-state index contributed by atoms with van der Waals surface area (Å²) in [6.07, 6.45) is 11.1. The lowest BCUT2D eigenvalue weighted by Gasteiger charge is -2.21. The third-order valence-electron chi connectivity index (χ3n) is 4.90. The van der Waals surface area contributed by atoms with Crippen LogP contribution in [-0.2, 0) is 10.8 Å². The first kappa shape index (κ1) is 12.2. The lowest BCUT2D eigenvalue weighted by atomic mass is 9.91. The molecule has 0 bridgehead atoms. The molecule has 0 radical (unpaired) electrons. The van der Waals surface area contributed by atoms with Gasteiger partial charge < -0.3 is 4.20 Å². The fourth-order valence-electron chi connectivity index (χ4n) is 3.46. The first-order valence-electron chi connectivity index (χ1n) is 6.97. The highest BCUT2D eigenvalue weighted by Gasteiger charge is 2.38. The van der Waals surface area contributed by atoms with Crippen LogP contribution in [0, 0.1) is 0 Å². The Bertz CT molecular complexity index is 362. The maximum atomic E-state index is 6.07. The standard InChI is InChI=1S/C14H22OP2/c1-13(7-3-4-8-13)11-15-17-12(16-11)14(2)9-5-6-10-14/h3-10H2,1-2H3. The van der Waals surface area contributed by atoms with E-state index < -0.39 is 0 Å². The minimum absolute atomic E-state index is 0.394. The van der Waals surface area contributed by atoms with Gasteiger partial charge >= 0.3 is 0 Å². The second kappa shape index (κ2) is 4.36. The van der Waals surface area contributed by atoms with E-state index in [1.807, 2.05) is 0 Å². The van der Waals surface area contributed by atoms with Crippen LogP contribution in [0.15, 0.2) is 4.20 Å². The zero-order chi connectivity index (χ0) is 11.9. The van der Waals surface area contributed by atoms with Crippen LogP contribution in [-0.4, -0.2) is 0 Å². The monoisotopic (exact) mass is 268 g/mol. The van der Waals surface area contributed by atoms with Crippen molar-refractivity contribution in [1.82, 2.24) is 0 Å². The maximum absolute atomic E-state index is 6.07. The van der Waals surface area contributed by atoms with Gasteiger partial charge in [-0.3, -0.25) is 0 Å². The van der Waals surface area contributed by atoms with Gasteiger partial charge in [0, 0.05) is 10.8 Å². The van der Waals surface area contributed by atoms with Gasteiger partial charge in [0.15, 0.2) is 0 Å². The van der Waals surface area contributed by atoms with Crippen LogP contribution in [0.2, 0.25) is 0 Å². The largest absolute Gasteiger partial charge is 0.438 e. The third kappa shape index (κ3) is 2.11. The summed E-state index contributed by atoms with van der Waals surface area (Å²) in [6.45, 7) is 4.87. The normalized spacial score (nSPS) is 27.4. The van der Waals surface area contributed by atoms with Crippen molar-refractivity contribution >= 4 is 16.6 Å². The molecule has 1 heterocycles. The average Bonchev–Trinajstić information content (AvgIpc) is 2.97. The van der Waals surface area contributed by atoms with Gasteiger partial charge in [0.05, 0.1) is 5.03 Å². The molecule has 0 aromatic carbocycles. The van der Waals surface area contributed by atoms with Gasteiger partial charge in [-0.15, -0.1) is 0 Å². The number of hydrogen-bond donors (Lipinski definition) is 0.